The molecular formula is C33H45FN2O4. The van der Waals surface area contributed by atoms with Crippen molar-refractivity contribution < 1.29 is 23.5 Å². The molecule has 3 fully saturated rings. The van der Waals surface area contributed by atoms with Gasteiger partial charge in [0.25, 0.3) is 0 Å². The molecule has 218 valence electrons. The van der Waals surface area contributed by atoms with Gasteiger partial charge >= 0.3 is 5.97 Å². The predicted octanol–water partition coefficient (Wildman–Crippen LogP) is 6.67. The molecule has 1 amide bonds. The highest BCUT2D eigenvalue weighted by atomic mass is 19.1. The Morgan fingerprint density at radius 1 is 1.02 bits per heavy atom. The fraction of sp³-hybridized carbons (Fsp3) is 0.667. The van der Waals surface area contributed by atoms with Crippen LogP contribution in [0.25, 0.3) is 10.9 Å². The number of rotatable bonds is 9. The van der Waals surface area contributed by atoms with Crippen molar-refractivity contribution >= 4 is 28.6 Å². The van der Waals surface area contributed by atoms with E-state index in [1.807, 2.05) is 30.0 Å². The van der Waals surface area contributed by atoms with Gasteiger partial charge in [0.15, 0.2) is 5.78 Å². The predicted molar refractivity (Wildman–Crippen MR) is 154 cm³/mol. The summed E-state index contributed by atoms with van der Waals surface area (Å²) in [5.41, 5.74) is 2.13. The number of carbonyl (C=O) groups is 3. The van der Waals surface area contributed by atoms with Crippen LogP contribution in [0.4, 0.5) is 4.39 Å². The number of Topliss-reactive ketones (excluding diaryl/α,β-unsaturated/α-hetero) is 1. The zero-order valence-electron chi connectivity index (χ0n) is 24.1. The number of esters is 1. The summed E-state index contributed by atoms with van der Waals surface area (Å²) in [7, 11) is 0. The molecule has 1 N–H and O–H groups in total. The van der Waals surface area contributed by atoms with Gasteiger partial charge in [0, 0.05) is 29.8 Å². The highest BCUT2D eigenvalue weighted by Gasteiger charge is 2.46. The molecule has 3 aliphatic rings. The number of aromatic nitrogens is 1. The number of likely N-dealkylation sites (tertiary alicyclic amines) is 1. The molecule has 0 bridgehead atoms. The number of nitrogens with one attached hydrogen (secondary N) is 1. The van der Waals surface area contributed by atoms with E-state index >= 15 is 0 Å². The van der Waals surface area contributed by atoms with Crippen LogP contribution in [0.5, 0.6) is 0 Å². The summed E-state index contributed by atoms with van der Waals surface area (Å²) in [6.07, 6.45) is 10.5. The summed E-state index contributed by atoms with van der Waals surface area (Å²) in [5, 5.41) is 0.871. The van der Waals surface area contributed by atoms with Crippen LogP contribution in [0.2, 0.25) is 0 Å². The summed E-state index contributed by atoms with van der Waals surface area (Å²) in [5.74, 6) is 0.962. The molecule has 2 heterocycles. The van der Waals surface area contributed by atoms with Crippen LogP contribution in [-0.4, -0.2) is 53.4 Å². The van der Waals surface area contributed by atoms with E-state index in [-0.39, 0.29) is 54.6 Å². The van der Waals surface area contributed by atoms with Gasteiger partial charge < -0.3 is 14.6 Å². The molecule has 7 heteroatoms. The maximum atomic E-state index is 14.1. The molecule has 3 atom stereocenters. The Morgan fingerprint density at radius 3 is 2.48 bits per heavy atom. The SMILES string of the molecule is CCOC(=O)c1cc2cc(CC(=O)[C@@H]3[C@H](C4CCCCC4)CCN3C(=O)C3CCC(C(C)CF)CC3)ccc2[nH]1. The Bertz CT molecular complexity index is 1190. The molecule has 2 aliphatic carbocycles. The third-order valence-electron chi connectivity index (χ3n) is 10.0. The van der Waals surface area contributed by atoms with Crippen molar-refractivity contribution in [3.05, 3.63) is 35.5 Å². The number of ether oxygens (including phenoxy) is 1. The van der Waals surface area contributed by atoms with E-state index in [2.05, 4.69) is 4.98 Å². The molecule has 0 spiro atoms. The van der Waals surface area contributed by atoms with Gasteiger partial charge in [0.2, 0.25) is 5.91 Å². The van der Waals surface area contributed by atoms with Crippen LogP contribution >= 0.6 is 0 Å². The summed E-state index contributed by atoms with van der Waals surface area (Å²) in [6, 6.07) is 7.23. The Hall–Kier alpha value is -2.70. The van der Waals surface area contributed by atoms with Gasteiger partial charge in [-0.05, 0) is 86.5 Å². The normalized spacial score (nSPS) is 26.6. The number of benzene rings is 1. The maximum absolute atomic E-state index is 14.1. The average Bonchev–Trinajstić information content (AvgIpc) is 3.62. The van der Waals surface area contributed by atoms with E-state index in [0.29, 0.717) is 30.7 Å². The van der Waals surface area contributed by atoms with E-state index < -0.39 is 0 Å². The molecule has 40 heavy (non-hydrogen) atoms. The molecule has 1 saturated heterocycles. The smallest absolute Gasteiger partial charge is 0.354 e. The van der Waals surface area contributed by atoms with Crippen LogP contribution in [0.1, 0.15) is 94.1 Å². The molecule has 5 rings (SSSR count). The highest BCUT2D eigenvalue weighted by Crippen LogP contribution is 2.42. The Balaban J connectivity index is 1.33. The Morgan fingerprint density at radius 2 is 1.77 bits per heavy atom. The fourth-order valence-corrected chi connectivity index (χ4v) is 7.74. The van der Waals surface area contributed by atoms with Crippen molar-refractivity contribution in [2.24, 2.45) is 29.6 Å². The molecule has 2 aromatic rings. The number of hydrogen-bond donors (Lipinski definition) is 1. The van der Waals surface area contributed by atoms with E-state index in [4.69, 9.17) is 4.74 Å². The number of nitrogens with zero attached hydrogens (tertiary/aromatic N) is 1. The minimum Gasteiger partial charge on any atom is -0.461 e. The van der Waals surface area contributed by atoms with E-state index in [1.165, 1.54) is 19.3 Å². The van der Waals surface area contributed by atoms with Gasteiger partial charge in [-0.3, -0.25) is 14.0 Å². The summed E-state index contributed by atoms with van der Waals surface area (Å²) in [4.78, 5) is 45.2. The van der Waals surface area contributed by atoms with Gasteiger partial charge in [-0.15, -0.1) is 0 Å². The molecule has 1 aromatic heterocycles. The Labute approximate surface area is 237 Å². The third kappa shape index (κ3) is 6.13. The van der Waals surface area contributed by atoms with Crippen molar-refractivity contribution in [3.8, 4) is 0 Å². The molecule has 0 radical (unpaired) electrons. The van der Waals surface area contributed by atoms with Gasteiger partial charge in [0.1, 0.15) is 5.69 Å². The number of H-pyrrole nitrogens is 1. The minimum atomic E-state index is -0.389. The largest absolute Gasteiger partial charge is 0.461 e. The topological polar surface area (TPSA) is 79.5 Å². The molecular weight excluding hydrogens is 507 g/mol. The monoisotopic (exact) mass is 552 g/mol. The molecule has 6 nitrogen and oxygen atoms in total. The number of carbonyl (C=O) groups excluding carboxylic acids is 3. The lowest BCUT2D eigenvalue weighted by Crippen LogP contribution is -2.48. The van der Waals surface area contributed by atoms with Crippen LogP contribution in [0, 0.1) is 29.6 Å². The fourth-order valence-electron chi connectivity index (χ4n) is 7.74. The number of halogens is 1. The second-order valence-electron chi connectivity index (χ2n) is 12.5. The Kier molecular flexibility index (Phi) is 9.27. The van der Waals surface area contributed by atoms with Crippen LogP contribution < -0.4 is 0 Å². The number of alkyl halides is 1. The number of fused-ring (bicyclic) bond motifs is 1. The number of aromatic amines is 1. The van der Waals surface area contributed by atoms with E-state index in [0.717, 1.165) is 61.4 Å². The second kappa shape index (κ2) is 12.9. The third-order valence-corrected chi connectivity index (χ3v) is 10.0. The molecule has 1 aromatic carbocycles. The lowest BCUT2D eigenvalue weighted by atomic mass is 9.74. The summed E-state index contributed by atoms with van der Waals surface area (Å²) < 4.78 is 18.3. The standard InChI is InChI=1S/C33H45FN2O4/c1-3-40-33(39)29-19-26-17-22(9-14-28(26)35-29)18-30(37)31-27(24-7-5-4-6-8-24)15-16-36(31)32(38)25-12-10-23(11-13-25)21(2)20-34/h9,14,17,19,21,23-25,27,31,35H,3-8,10-13,15-16,18,20H2,1-2H3/t21?,23?,25?,27-,31-/m0/s1. The average molecular weight is 553 g/mol. The van der Waals surface area contributed by atoms with E-state index in [9.17, 15) is 18.8 Å². The van der Waals surface area contributed by atoms with Crippen LogP contribution in [0.3, 0.4) is 0 Å². The first kappa shape index (κ1) is 28.8. The zero-order valence-corrected chi connectivity index (χ0v) is 24.1. The number of ketones is 1. The van der Waals surface area contributed by atoms with Gasteiger partial charge in [-0.1, -0.05) is 45.1 Å². The first-order chi connectivity index (χ1) is 19.4. The number of amides is 1. The van der Waals surface area contributed by atoms with Gasteiger partial charge in [0.05, 0.1) is 19.3 Å². The first-order valence-electron chi connectivity index (χ1n) is 15.6. The van der Waals surface area contributed by atoms with Crippen LogP contribution in [0.15, 0.2) is 24.3 Å². The van der Waals surface area contributed by atoms with Crippen molar-refractivity contribution in [2.45, 2.75) is 90.5 Å². The van der Waals surface area contributed by atoms with Crippen molar-refractivity contribution in [2.75, 3.05) is 19.8 Å². The van der Waals surface area contributed by atoms with Crippen molar-refractivity contribution in [3.63, 3.8) is 0 Å². The molecule has 2 saturated carbocycles. The van der Waals surface area contributed by atoms with E-state index in [1.54, 1.807) is 13.0 Å². The van der Waals surface area contributed by atoms with Crippen molar-refractivity contribution in [1.82, 2.24) is 9.88 Å². The second-order valence-corrected chi connectivity index (χ2v) is 12.5. The lowest BCUT2D eigenvalue weighted by molar-refractivity contribution is -0.143. The zero-order chi connectivity index (χ0) is 28.2. The van der Waals surface area contributed by atoms with Gasteiger partial charge in [-0.25, -0.2) is 4.79 Å². The lowest BCUT2D eigenvalue weighted by Gasteiger charge is -2.37. The quantitative estimate of drug-likeness (QED) is 0.353. The first-order valence-corrected chi connectivity index (χ1v) is 15.6. The minimum absolute atomic E-state index is 0.0542. The van der Waals surface area contributed by atoms with Gasteiger partial charge in [-0.2, -0.15) is 0 Å². The maximum Gasteiger partial charge on any atom is 0.354 e. The van der Waals surface area contributed by atoms with Crippen molar-refractivity contribution in [1.29, 1.82) is 0 Å². The van der Waals surface area contributed by atoms with Crippen LogP contribution in [-0.2, 0) is 20.7 Å². The number of hydrogen-bond acceptors (Lipinski definition) is 4. The molecule has 1 unspecified atom stereocenters. The summed E-state index contributed by atoms with van der Waals surface area (Å²) >= 11 is 0. The highest BCUT2D eigenvalue weighted by molar-refractivity contribution is 5.96. The molecule has 1 aliphatic heterocycles. The summed E-state index contributed by atoms with van der Waals surface area (Å²) in [6.45, 7) is 4.43.